The normalized spacial score (nSPS) is 11.8. The zero-order valence-electron chi connectivity index (χ0n) is 11.9. The lowest BCUT2D eigenvalue weighted by Crippen LogP contribution is -2.14. The minimum atomic E-state index is 0.122. The Kier molecular flexibility index (Phi) is 4.40. The molecule has 0 aliphatic carbocycles. The molecule has 3 N–H and O–H groups in total. The van der Waals surface area contributed by atoms with Crippen LogP contribution in [0.15, 0.2) is 35.5 Å². The molecule has 0 fully saturated rings. The topological polar surface area (TPSA) is 76.4 Å². The summed E-state index contributed by atoms with van der Waals surface area (Å²) < 4.78 is 2.02. The predicted molar refractivity (Wildman–Crippen MR) is 79.0 cm³/mol. The van der Waals surface area contributed by atoms with Gasteiger partial charge < -0.3 is 10.9 Å². The van der Waals surface area contributed by atoms with Crippen LogP contribution >= 0.6 is 0 Å². The van der Waals surface area contributed by atoms with E-state index < -0.39 is 0 Å². The summed E-state index contributed by atoms with van der Waals surface area (Å²) >= 11 is 0. The van der Waals surface area contributed by atoms with E-state index in [4.69, 9.17) is 10.9 Å². The number of nitrogens with two attached hydrogens (primary N) is 1. The van der Waals surface area contributed by atoms with E-state index in [1.807, 2.05) is 28.9 Å². The van der Waals surface area contributed by atoms with Gasteiger partial charge in [-0.05, 0) is 30.5 Å². The molecule has 0 saturated heterocycles. The maximum Gasteiger partial charge on any atom is 0.170 e. The standard InChI is InChI=1S/C15H20N4O/c1-3-13-9-14(4-2)19(17-13)10-11-6-5-7-12(8-11)15(16)18-20/h5-9,20H,3-4,10H2,1-2H3,(H2,16,18). The molecule has 0 saturated carbocycles. The molecule has 0 aliphatic rings. The van der Waals surface area contributed by atoms with Crippen molar-refractivity contribution < 1.29 is 5.21 Å². The lowest BCUT2D eigenvalue weighted by Gasteiger charge is -2.07. The predicted octanol–water partition coefficient (Wildman–Crippen LogP) is 2.15. The molecule has 5 heteroatoms. The van der Waals surface area contributed by atoms with Crippen LogP contribution in [0.3, 0.4) is 0 Å². The van der Waals surface area contributed by atoms with Crippen molar-refractivity contribution in [2.75, 3.05) is 0 Å². The van der Waals surface area contributed by atoms with Crippen molar-refractivity contribution in [1.29, 1.82) is 0 Å². The van der Waals surface area contributed by atoms with Crippen LogP contribution in [0.2, 0.25) is 0 Å². The van der Waals surface area contributed by atoms with E-state index in [2.05, 4.69) is 30.2 Å². The van der Waals surface area contributed by atoms with Crippen molar-refractivity contribution in [2.45, 2.75) is 33.2 Å². The number of hydrogen-bond acceptors (Lipinski definition) is 3. The highest BCUT2D eigenvalue weighted by molar-refractivity contribution is 5.97. The van der Waals surface area contributed by atoms with Gasteiger partial charge >= 0.3 is 0 Å². The summed E-state index contributed by atoms with van der Waals surface area (Å²) in [5.41, 5.74) is 9.73. The molecular weight excluding hydrogens is 252 g/mol. The Morgan fingerprint density at radius 1 is 1.30 bits per heavy atom. The van der Waals surface area contributed by atoms with Crippen LogP contribution in [0.4, 0.5) is 0 Å². The fourth-order valence-corrected chi connectivity index (χ4v) is 2.17. The first-order valence-electron chi connectivity index (χ1n) is 6.80. The molecule has 2 rings (SSSR count). The van der Waals surface area contributed by atoms with Crippen LogP contribution in [0, 0.1) is 0 Å². The number of benzene rings is 1. The van der Waals surface area contributed by atoms with Crippen LogP contribution in [0.5, 0.6) is 0 Å². The van der Waals surface area contributed by atoms with Gasteiger partial charge in [0.2, 0.25) is 0 Å². The second kappa shape index (κ2) is 6.23. The summed E-state index contributed by atoms with van der Waals surface area (Å²) in [6.45, 7) is 4.92. The van der Waals surface area contributed by atoms with Gasteiger partial charge in [-0.15, -0.1) is 0 Å². The third-order valence-electron chi connectivity index (χ3n) is 3.30. The summed E-state index contributed by atoms with van der Waals surface area (Å²) in [6.07, 6.45) is 1.89. The first kappa shape index (κ1) is 14.1. The lowest BCUT2D eigenvalue weighted by molar-refractivity contribution is 0.318. The molecule has 0 aliphatic heterocycles. The summed E-state index contributed by atoms with van der Waals surface area (Å²) in [7, 11) is 0. The SMILES string of the molecule is CCc1cc(CC)n(Cc2cccc(/C(N)=N/O)c2)n1. The second-order valence-electron chi connectivity index (χ2n) is 4.68. The monoisotopic (exact) mass is 272 g/mol. The van der Waals surface area contributed by atoms with Gasteiger partial charge in [0, 0.05) is 11.3 Å². The summed E-state index contributed by atoms with van der Waals surface area (Å²) in [4.78, 5) is 0. The molecule has 20 heavy (non-hydrogen) atoms. The molecule has 2 aromatic rings. The highest BCUT2D eigenvalue weighted by Crippen LogP contribution is 2.11. The van der Waals surface area contributed by atoms with Crippen molar-refractivity contribution in [3.8, 4) is 0 Å². The van der Waals surface area contributed by atoms with E-state index in [0.717, 1.165) is 24.1 Å². The number of oxime groups is 1. The summed E-state index contributed by atoms with van der Waals surface area (Å²) in [5, 5.41) is 16.4. The van der Waals surface area contributed by atoms with Gasteiger partial charge in [-0.25, -0.2) is 0 Å². The van der Waals surface area contributed by atoms with Gasteiger partial charge in [0.1, 0.15) is 0 Å². The first-order valence-corrected chi connectivity index (χ1v) is 6.80. The third kappa shape index (κ3) is 2.99. The second-order valence-corrected chi connectivity index (χ2v) is 4.68. The Balaban J connectivity index is 2.28. The number of nitrogens with zero attached hydrogens (tertiary/aromatic N) is 3. The van der Waals surface area contributed by atoms with E-state index in [9.17, 15) is 0 Å². The van der Waals surface area contributed by atoms with Crippen molar-refractivity contribution in [3.63, 3.8) is 0 Å². The lowest BCUT2D eigenvalue weighted by atomic mass is 10.1. The van der Waals surface area contributed by atoms with E-state index in [1.165, 1.54) is 5.69 Å². The average molecular weight is 272 g/mol. The van der Waals surface area contributed by atoms with Gasteiger partial charge in [-0.1, -0.05) is 37.2 Å². The van der Waals surface area contributed by atoms with Gasteiger partial charge in [0.25, 0.3) is 0 Å². The van der Waals surface area contributed by atoms with Gasteiger partial charge in [-0.2, -0.15) is 5.10 Å². The third-order valence-corrected chi connectivity index (χ3v) is 3.30. The smallest absolute Gasteiger partial charge is 0.170 e. The highest BCUT2D eigenvalue weighted by Gasteiger charge is 2.07. The molecule has 0 radical (unpaired) electrons. The zero-order chi connectivity index (χ0) is 14.5. The molecule has 0 bridgehead atoms. The minimum absolute atomic E-state index is 0.122. The van der Waals surface area contributed by atoms with Crippen LogP contribution in [-0.2, 0) is 19.4 Å². The van der Waals surface area contributed by atoms with Crippen molar-refractivity contribution in [3.05, 3.63) is 52.8 Å². The number of rotatable bonds is 5. The van der Waals surface area contributed by atoms with Crippen LogP contribution < -0.4 is 5.73 Å². The van der Waals surface area contributed by atoms with Crippen LogP contribution in [-0.4, -0.2) is 20.8 Å². The highest BCUT2D eigenvalue weighted by atomic mass is 16.4. The molecular formula is C15H20N4O. The number of amidine groups is 1. The minimum Gasteiger partial charge on any atom is -0.409 e. The van der Waals surface area contributed by atoms with Crippen molar-refractivity contribution in [1.82, 2.24) is 9.78 Å². The fourth-order valence-electron chi connectivity index (χ4n) is 2.17. The van der Waals surface area contributed by atoms with E-state index in [-0.39, 0.29) is 5.84 Å². The summed E-state index contributed by atoms with van der Waals surface area (Å²) in [6, 6.07) is 9.80. The van der Waals surface area contributed by atoms with Gasteiger partial charge in [-0.3, -0.25) is 4.68 Å². The molecule has 0 unspecified atom stereocenters. The molecule has 5 nitrogen and oxygen atoms in total. The fraction of sp³-hybridized carbons (Fsp3) is 0.333. The van der Waals surface area contributed by atoms with Gasteiger partial charge in [0.15, 0.2) is 5.84 Å². The Labute approximate surface area is 118 Å². The summed E-state index contributed by atoms with van der Waals surface area (Å²) in [5.74, 6) is 0.122. The van der Waals surface area contributed by atoms with Crippen molar-refractivity contribution >= 4 is 5.84 Å². The largest absolute Gasteiger partial charge is 0.409 e. The maximum atomic E-state index is 8.73. The Morgan fingerprint density at radius 3 is 2.75 bits per heavy atom. The quantitative estimate of drug-likeness (QED) is 0.379. The zero-order valence-corrected chi connectivity index (χ0v) is 11.9. The molecule has 0 atom stereocenters. The Hall–Kier alpha value is -2.30. The maximum absolute atomic E-state index is 8.73. The molecule has 0 spiro atoms. The molecule has 1 aromatic carbocycles. The first-order chi connectivity index (χ1) is 9.67. The Morgan fingerprint density at radius 2 is 2.10 bits per heavy atom. The molecule has 1 aromatic heterocycles. The molecule has 1 heterocycles. The van der Waals surface area contributed by atoms with Crippen LogP contribution in [0.25, 0.3) is 0 Å². The average Bonchev–Trinajstić information content (AvgIpc) is 2.88. The Bertz CT molecular complexity index is 616. The van der Waals surface area contributed by atoms with Crippen molar-refractivity contribution in [2.24, 2.45) is 10.9 Å². The van der Waals surface area contributed by atoms with E-state index in [1.54, 1.807) is 0 Å². The molecule has 0 amide bonds. The van der Waals surface area contributed by atoms with E-state index in [0.29, 0.717) is 12.1 Å². The molecule has 106 valence electrons. The number of hydrogen-bond donors (Lipinski definition) is 2. The number of aromatic nitrogens is 2. The van der Waals surface area contributed by atoms with Gasteiger partial charge in [0.05, 0.1) is 12.2 Å². The number of aryl methyl sites for hydroxylation is 2. The van der Waals surface area contributed by atoms with Crippen LogP contribution in [0.1, 0.15) is 36.4 Å². The van der Waals surface area contributed by atoms with E-state index >= 15 is 0 Å².